The molecule has 6 nitrogen and oxygen atoms in total. The summed E-state index contributed by atoms with van der Waals surface area (Å²) in [5.41, 5.74) is 5.72. The van der Waals surface area contributed by atoms with Gasteiger partial charge in [0.25, 0.3) is 5.91 Å². The van der Waals surface area contributed by atoms with Crippen molar-refractivity contribution in [2.45, 2.75) is 6.92 Å². The van der Waals surface area contributed by atoms with E-state index in [9.17, 15) is 4.79 Å². The molecule has 0 bridgehead atoms. The van der Waals surface area contributed by atoms with Crippen LogP contribution in [0.2, 0.25) is 5.22 Å². The fraction of sp³-hybridized carbons (Fsp3) is 0.400. The van der Waals surface area contributed by atoms with Gasteiger partial charge in [-0.1, -0.05) is 12.1 Å². The second kappa shape index (κ2) is 5.58. The monoisotopic (exact) mass is 259 g/mol. The van der Waals surface area contributed by atoms with Crippen molar-refractivity contribution in [2.24, 2.45) is 16.8 Å². The number of oxime groups is 1. The molecule has 3 N–H and O–H groups in total. The topological polar surface area (TPSA) is 92.1 Å². The molecule has 0 aromatic carbocycles. The molecular formula is C10H14ClN3O3. The Morgan fingerprint density at radius 1 is 1.76 bits per heavy atom. The molecule has 1 aromatic rings. The molecule has 1 aromatic heterocycles. The summed E-state index contributed by atoms with van der Waals surface area (Å²) >= 11 is 5.70. The standard InChI is InChI=1S/C10H14ClN3O3/c1-6(9(12)13-16)5-14(2)10(15)7-3-4-17-8(7)11/h3-4,6,16H,5H2,1-2H3,(H2,12,13). The molecule has 17 heavy (non-hydrogen) atoms. The summed E-state index contributed by atoms with van der Waals surface area (Å²) in [5.74, 6) is -0.455. The van der Waals surface area contributed by atoms with Gasteiger partial charge in [-0.25, -0.2) is 0 Å². The number of nitrogens with zero attached hydrogens (tertiary/aromatic N) is 2. The van der Waals surface area contributed by atoms with Crippen LogP contribution in [0.5, 0.6) is 0 Å². The van der Waals surface area contributed by atoms with E-state index in [-0.39, 0.29) is 22.9 Å². The minimum absolute atomic E-state index is 0.0540. The minimum atomic E-state index is -0.277. The lowest BCUT2D eigenvalue weighted by molar-refractivity contribution is 0.0785. The second-order valence-corrected chi connectivity index (χ2v) is 4.06. The molecule has 1 amide bonds. The molecule has 0 aliphatic rings. The Kier molecular flexibility index (Phi) is 4.39. The van der Waals surface area contributed by atoms with E-state index in [0.29, 0.717) is 12.1 Å². The molecule has 0 fully saturated rings. The Bertz CT molecular complexity index is 430. The van der Waals surface area contributed by atoms with Gasteiger partial charge in [-0.05, 0) is 17.7 Å². The maximum absolute atomic E-state index is 11.9. The Labute approximate surface area is 104 Å². The Hall–Kier alpha value is -1.69. The van der Waals surface area contributed by atoms with Crippen LogP contribution in [0.4, 0.5) is 0 Å². The first kappa shape index (κ1) is 13.4. The summed E-state index contributed by atoms with van der Waals surface area (Å²) in [4.78, 5) is 13.3. The van der Waals surface area contributed by atoms with Crippen molar-refractivity contribution in [1.29, 1.82) is 0 Å². The average molecular weight is 260 g/mol. The molecule has 0 spiro atoms. The van der Waals surface area contributed by atoms with Gasteiger partial charge in [0.05, 0.1) is 11.8 Å². The smallest absolute Gasteiger partial charge is 0.258 e. The highest BCUT2D eigenvalue weighted by Gasteiger charge is 2.20. The van der Waals surface area contributed by atoms with E-state index in [0.717, 1.165) is 0 Å². The van der Waals surface area contributed by atoms with Gasteiger partial charge in [0.2, 0.25) is 5.22 Å². The summed E-state index contributed by atoms with van der Waals surface area (Å²) in [6.45, 7) is 2.06. The number of amidine groups is 1. The van der Waals surface area contributed by atoms with Crippen molar-refractivity contribution in [2.75, 3.05) is 13.6 Å². The summed E-state index contributed by atoms with van der Waals surface area (Å²) in [6.07, 6.45) is 1.34. The van der Waals surface area contributed by atoms with E-state index in [1.165, 1.54) is 17.2 Å². The fourth-order valence-corrected chi connectivity index (χ4v) is 1.53. The van der Waals surface area contributed by atoms with Gasteiger partial charge in [-0.15, -0.1) is 0 Å². The lowest BCUT2D eigenvalue weighted by atomic mass is 10.1. The zero-order valence-corrected chi connectivity index (χ0v) is 10.3. The SMILES string of the molecule is CC(CN(C)C(=O)c1ccoc1Cl)/C(N)=N/O. The van der Waals surface area contributed by atoms with Crippen LogP contribution in [0.3, 0.4) is 0 Å². The van der Waals surface area contributed by atoms with Gasteiger partial charge in [0.1, 0.15) is 5.84 Å². The van der Waals surface area contributed by atoms with Gasteiger partial charge in [-0.2, -0.15) is 0 Å². The van der Waals surface area contributed by atoms with Crippen molar-refractivity contribution in [1.82, 2.24) is 4.90 Å². The number of furan rings is 1. The highest BCUT2D eigenvalue weighted by atomic mass is 35.5. The molecule has 0 saturated carbocycles. The molecule has 94 valence electrons. The van der Waals surface area contributed by atoms with Crippen molar-refractivity contribution < 1.29 is 14.4 Å². The first-order valence-corrected chi connectivity index (χ1v) is 5.31. The van der Waals surface area contributed by atoms with Crippen LogP contribution >= 0.6 is 11.6 Å². The number of halogens is 1. The Balaban J connectivity index is 2.69. The number of carbonyl (C=O) groups excluding carboxylic acids is 1. The van der Waals surface area contributed by atoms with Crippen LogP contribution in [0.15, 0.2) is 21.9 Å². The zero-order valence-electron chi connectivity index (χ0n) is 9.55. The van der Waals surface area contributed by atoms with Crippen molar-refractivity contribution >= 4 is 23.3 Å². The third kappa shape index (κ3) is 3.13. The molecule has 1 heterocycles. The summed E-state index contributed by atoms with van der Waals surface area (Å²) in [6, 6.07) is 1.50. The average Bonchev–Trinajstić information content (AvgIpc) is 2.73. The number of carbonyl (C=O) groups is 1. The summed E-state index contributed by atoms with van der Waals surface area (Å²) in [7, 11) is 1.60. The third-order valence-corrected chi connectivity index (χ3v) is 2.66. The largest absolute Gasteiger partial charge is 0.452 e. The van der Waals surface area contributed by atoms with Crippen molar-refractivity contribution in [3.63, 3.8) is 0 Å². The Morgan fingerprint density at radius 3 is 2.88 bits per heavy atom. The van der Waals surface area contributed by atoms with Crippen LogP contribution in [-0.4, -0.2) is 35.4 Å². The van der Waals surface area contributed by atoms with Gasteiger partial charge >= 0.3 is 0 Å². The molecule has 1 rings (SSSR count). The van der Waals surface area contributed by atoms with E-state index >= 15 is 0 Å². The van der Waals surface area contributed by atoms with E-state index in [1.54, 1.807) is 14.0 Å². The van der Waals surface area contributed by atoms with Crippen LogP contribution in [0.1, 0.15) is 17.3 Å². The van der Waals surface area contributed by atoms with E-state index in [4.69, 9.17) is 27.0 Å². The normalized spacial score (nSPS) is 13.5. The maximum atomic E-state index is 11.9. The quantitative estimate of drug-likeness (QED) is 0.370. The van der Waals surface area contributed by atoms with Crippen molar-refractivity contribution in [3.05, 3.63) is 23.1 Å². The lowest BCUT2D eigenvalue weighted by Gasteiger charge is -2.20. The summed E-state index contributed by atoms with van der Waals surface area (Å²) < 4.78 is 4.84. The molecule has 0 saturated heterocycles. The van der Waals surface area contributed by atoms with Gasteiger partial charge in [0, 0.05) is 19.5 Å². The first-order chi connectivity index (χ1) is 7.97. The van der Waals surface area contributed by atoms with Gasteiger partial charge < -0.3 is 20.3 Å². The number of hydrogen-bond donors (Lipinski definition) is 2. The molecule has 0 aliphatic heterocycles. The summed E-state index contributed by atoms with van der Waals surface area (Å²) in [5, 5.41) is 11.5. The molecule has 1 atom stereocenters. The number of amides is 1. The third-order valence-electron chi connectivity index (χ3n) is 2.36. The van der Waals surface area contributed by atoms with E-state index in [1.807, 2.05) is 0 Å². The predicted octanol–water partition coefficient (Wildman–Crippen LogP) is 1.39. The van der Waals surface area contributed by atoms with Crippen LogP contribution in [-0.2, 0) is 0 Å². The lowest BCUT2D eigenvalue weighted by Crippen LogP contribution is -2.36. The van der Waals surface area contributed by atoms with Gasteiger partial charge in [0.15, 0.2) is 0 Å². The second-order valence-electron chi connectivity index (χ2n) is 3.72. The molecule has 1 unspecified atom stereocenters. The molecule has 0 radical (unpaired) electrons. The fourth-order valence-electron chi connectivity index (χ4n) is 1.34. The predicted molar refractivity (Wildman–Crippen MR) is 63.3 cm³/mol. The molecular weight excluding hydrogens is 246 g/mol. The van der Waals surface area contributed by atoms with E-state index in [2.05, 4.69) is 5.16 Å². The Morgan fingerprint density at radius 2 is 2.41 bits per heavy atom. The molecule has 0 aliphatic carbocycles. The number of nitrogens with two attached hydrogens (primary N) is 1. The van der Waals surface area contributed by atoms with Crippen molar-refractivity contribution in [3.8, 4) is 0 Å². The number of hydrogen-bond acceptors (Lipinski definition) is 4. The van der Waals surface area contributed by atoms with Crippen LogP contribution in [0.25, 0.3) is 0 Å². The first-order valence-electron chi connectivity index (χ1n) is 4.93. The molecule has 7 heteroatoms. The van der Waals surface area contributed by atoms with E-state index < -0.39 is 0 Å². The van der Waals surface area contributed by atoms with Crippen LogP contribution < -0.4 is 5.73 Å². The minimum Gasteiger partial charge on any atom is -0.452 e. The zero-order chi connectivity index (χ0) is 13.0. The highest BCUT2D eigenvalue weighted by molar-refractivity contribution is 6.32. The van der Waals surface area contributed by atoms with Gasteiger partial charge in [-0.3, -0.25) is 4.79 Å². The maximum Gasteiger partial charge on any atom is 0.258 e. The van der Waals surface area contributed by atoms with Crippen LogP contribution in [0, 0.1) is 5.92 Å². The highest BCUT2D eigenvalue weighted by Crippen LogP contribution is 2.18. The number of rotatable bonds is 4.